The minimum Gasteiger partial charge on any atom is -0.310 e. The smallest absolute Gasteiger partial charge is 0.0620 e. The molecule has 0 saturated heterocycles. The number of aryl methyl sites for hydroxylation is 2. The van der Waals surface area contributed by atoms with E-state index in [1.165, 1.54) is 98.8 Å². The molecule has 3 heteroatoms. The molecule has 0 radical (unpaired) electrons. The molecule has 0 aliphatic rings. The maximum Gasteiger partial charge on any atom is 0.0620 e. The highest BCUT2D eigenvalue weighted by Crippen LogP contribution is 2.46. The van der Waals surface area contributed by atoms with Crippen LogP contribution in [0.2, 0.25) is 0 Å². The van der Waals surface area contributed by atoms with Crippen LogP contribution in [0.25, 0.3) is 70.8 Å². The van der Waals surface area contributed by atoms with Gasteiger partial charge in [0.05, 0.1) is 16.6 Å². The molecule has 0 aliphatic heterocycles. The van der Waals surface area contributed by atoms with E-state index in [1.807, 2.05) is 0 Å². The Bertz CT molecular complexity index is 3550. The summed E-state index contributed by atoms with van der Waals surface area (Å²) in [4.78, 5) is 4.77. The highest BCUT2D eigenvalue weighted by molar-refractivity contribution is 6.27. The Morgan fingerprint density at radius 1 is 0.354 bits per heavy atom. The summed E-state index contributed by atoms with van der Waals surface area (Å²) < 4.78 is 2.55. The minimum atomic E-state index is 0.0842. The van der Waals surface area contributed by atoms with Gasteiger partial charge in [0.1, 0.15) is 0 Å². The van der Waals surface area contributed by atoms with Gasteiger partial charge in [0.25, 0.3) is 0 Å². The molecular weight excluding hydrogens is 787 g/mol. The number of nitrogens with zero attached hydrogens (tertiary/aromatic N) is 3. The average molecular weight is 836 g/mol. The van der Waals surface area contributed by atoms with Gasteiger partial charge in [-0.1, -0.05) is 130 Å². The lowest BCUT2D eigenvalue weighted by molar-refractivity contribution is 0.590. The Labute approximate surface area is 380 Å². The molecule has 2 heterocycles. The van der Waals surface area contributed by atoms with Crippen LogP contribution in [0, 0.1) is 13.8 Å². The summed E-state index contributed by atoms with van der Waals surface area (Å²) in [6, 6.07) is 76.5. The van der Waals surface area contributed by atoms with Crippen LogP contribution in [-0.4, -0.2) is 4.40 Å². The summed E-state index contributed by atoms with van der Waals surface area (Å²) in [5, 5.41) is 9.94. The molecule has 3 nitrogen and oxygen atoms in total. The summed E-state index contributed by atoms with van der Waals surface area (Å²) in [6.45, 7) is 11.2. The first-order valence-electron chi connectivity index (χ1n) is 22.8. The Balaban J connectivity index is 1.11. The highest BCUT2D eigenvalue weighted by Gasteiger charge is 2.23. The van der Waals surface area contributed by atoms with Gasteiger partial charge in [-0.15, -0.1) is 0 Å². The third-order valence-corrected chi connectivity index (χ3v) is 13.6. The fourth-order valence-electron chi connectivity index (χ4n) is 10.2. The van der Waals surface area contributed by atoms with E-state index in [1.54, 1.807) is 0 Å². The molecule has 65 heavy (non-hydrogen) atoms. The van der Waals surface area contributed by atoms with Gasteiger partial charge < -0.3 is 14.2 Å². The van der Waals surface area contributed by atoms with Crippen molar-refractivity contribution in [3.05, 3.63) is 223 Å². The average Bonchev–Trinajstić information content (AvgIpc) is 3.82. The maximum absolute atomic E-state index is 2.55. The molecule has 12 aromatic rings. The van der Waals surface area contributed by atoms with E-state index in [4.69, 9.17) is 0 Å². The SMILES string of the molecule is Cc1ccccc1N(c1ccccc1)c1ccc2cc3c4cc(-c5ccc(C(C)(C)C)cc5)cc5c6cc7ccc(N(c8ccccc8)c8ccccc8C)cc7cc6n(c3cc2c1)c45. The third kappa shape index (κ3) is 6.41. The van der Waals surface area contributed by atoms with Gasteiger partial charge in [0.15, 0.2) is 0 Å². The minimum absolute atomic E-state index is 0.0842. The van der Waals surface area contributed by atoms with E-state index in [0.29, 0.717) is 0 Å². The predicted octanol–water partition coefficient (Wildman–Crippen LogP) is 17.7. The van der Waals surface area contributed by atoms with Crippen molar-refractivity contribution >= 4 is 93.8 Å². The van der Waals surface area contributed by atoms with Gasteiger partial charge >= 0.3 is 0 Å². The summed E-state index contributed by atoms with van der Waals surface area (Å²) in [5.74, 6) is 0. The standard InChI is InChI=1S/C62H49N3/c1-40-16-12-14-22-57(40)63(49-18-8-6-9-19-49)51-30-26-43-34-53-55-36-47(42-24-28-48(29-25-42)62(3,4)5)37-56-54-35-44-27-31-52(64(50-20-10-7-11-21-50)58-23-15-13-17-41(58)2)33-46(44)39-60(54)65(61(55)56)59(53)38-45(43)32-51/h6-39H,1-5H3. The highest BCUT2D eigenvalue weighted by atomic mass is 15.1. The molecule has 0 aliphatic carbocycles. The van der Waals surface area contributed by atoms with Crippen LogP contribution in [-0.2, 0) is 5.41 Å². The molecule has 12 rings (SSSR count). The maximum atomic E-state index is 2.55. The second kappa shape index (κ2) is 14.9. The number of benzene rings is 10. The van der Waals surface area contributed by atoms with Crippen molar-refractivity contribution in [3.8, 4) is 11.1 Å². The number of fused-ring (bicyclic) bond motifs is 8. The lowest BCUT2D eigenvalue weighted by atomic mass is 9.86. The number of aromatic nitrogens is 1. The van der Waals surface area contributed by atoms with Crippen molar-refractivity contribution in [1.29, 1.82) is 0 Å². The first-order chi connectivity index (χ1) is 31.7. The zero-order valence-electron chi connectivity index (χ0n) is 37.5. The zero-order valence-corrected chi connectivity index (χ0v) is 37.5. The summed E-state index contributed by atoms with van der Waals surface area (Å²) >= 11 is 0. The largest absolute Gasteiger partial charge is 0.310 e. The lowest BCUT2D eigenvalue weighted by Crippen LogP contribution is -2.11. The molecule has 0 unspecified atom stereocenters. The Kier molecular flexibility index (Phi) is 8.86. The Morgan fingerprint density at radius 2 is 0.800 bits per heavy atom. The number of hydrogen-bond acceptors (Lipinski definition) is 2. The van der Waals surface area contributed by atoms with Gasteiger partial charge in [-0.05, 0) is 166 Å². The van der Waals surface area contributed by atoms with Crippen molar-refractivity contribution in [2.75, 3.05) is 9.80 Å². The molecule has 2 aromatic heterocycles. The second-order valence-electron chi connectivity index (χ2n) is 18.8. The monoisotopic (exact) mass is 835 g/mol. The van der Waals surface area contributed by atoms with Gasteiger partial charge in [-0.25, -0.2) is 0 Å². The van der Waals surface area contributed by atoms with Gasteiger partial charge in [-0.2, -0.15) is 0 Å². The van der Waals surface area contributed by atoms with Crippen LogP contribution >= 0.6 is 0 Å². The van der Waals surface area contributed by atoms with Crippen LogP contribution in [0.3, 0.4) is 0 Å². The molecule has 0 N–H and O–H groups in total. The first-order valence-corrected chi connectivity index (χ1v) is 22.8. The molecule has 0 fully saturated rings. The van der Waals surface area contributed by atoms with Crippen molar-refractivity contribution in [1.82, 2.24) is 4.40 Å². The molecule has 312 valence electrons. The van der Waals surface area contributed by atoms with Crippen LogP contribution in [0.5, 0.6) is 0 Å². The first kappa shape index (κ1) is 38.8. The van der Waals surface area contributed by atoms with Crippen molar-refractivity contribution in [3.63, 3.8) is 0 Å². The van der Waals surface area contributed by atoms with E-state index in [9.17, 15) is 0 Å². The van der Waals surface area contributed by atoms with E-state index in [-0.39, 0.29) is 5.41 Å². The fraction of sp³-hybridized carbons (Fsp3) is 0.0968. The van der Waals surface area contributed by atoms with Crippen LogP contribution in [0.15, 0.2) is 206 Å². The number of hydrogen-bond donors (Lipinski definition) is 0. The molecule has 0 atom stereocenters. The van der Waals surface area contributed by atoms with Crippen molar-refractivity contribution in [2.24, 2.45) is 0 Å². The van der Waals surface area contributed by atoms with Gasteiger partial charge in [-0.3, -0.25) is 0 Å². The summed E-state index contributed by atoms with van der Waals surface area (Å²) in [6.07, 6.45) is 0. The van der Waals surface area contributed by atoms with E-state index < -0.39 is 0 Å². The Hall–Kier alpha value is -7.88. The van der Waals surface area contributed by atoms with E-state index in [2.05, 4.69) is 255 Å². The number of anilines is 6. The summed E-state index contributed by atoms with van der Waals surface area (Å²) in [5.41, 5.74) is 16.9. The second-order valence-corrected chi connectivity index (χ2v) is 18.8. The molecule has 0 bridgehead atoms. The molecule has 10 aromatic carbocycles. The molecule has 0 spiro atoms. The predicted molar refractivity (Wildman–Crippen MR) is 279 cm³/mol. The molecule has 0 saturated carbocycles. The molecular formula is C62H49N3. The van der Waals surface area contributed by atoms with Crippen molar-refractivity contribution < 1.29 is 0 Å². The Morgan fingerprint density at radius 3 is 1.25 bits per heavy atom. The van der Waals surface area contributed by atoms with Crippen LogP contribution < -0.4 is 9.80 Å². The number of rotatable bonds is 7. The van der Waals surface area contributed by atoms with E-state index in [0.717, 1.165) is 22.7 Å². The number of para-hydroxylation sites is 4. The van der Waals surface area contributed by atoms with Crippen molar-refractivity contribution in [2.45, 2.75) is 40.0 Å². The molecule has 0 amide bonds. The quantitative estimate of drug-likeness (QED) is 0.158. The summed E-state index contributed by atoms with van der Waals surface area (Å²) in [7, 11) is 0. The van der Waals surface area contributed by atoms with Gasteiger partial charge in [0.2, 0.25) is 0 Å². The third-order valence-electron chi connectivity index (χ3n) is 13.6. The van der Waals surface area contributed by atoms with Crippen LogP contribution in [0.1, 0.15) is 37.5 Å². The topological polar surface area (TPSA) is 10.9 Å². The zero-order chi connectivity index (χ0) is 44.0. The van der Waals surface area contributed by atoms with E-state index >= 15 is 0 Å². The van der Waals surface area contributed by atoms with Gasteiger partial charge in [0, 0.05) is 55.7 Å². The van der Waals surface area contributed by atoms with Crippen LogP contribution in [0.4, 0.5) is 34.1 Å². The lowest BCUT2D eigenvalue weighted by Gasteiger charge is -2.27. The normalized spacial score (nSPS) is 12.1. The fourth-order valence-corrected chi connectivity index (χ4v) is 10.2.